The van der Waals surface area contributed by atoms with Crippen LogP contribution in [0.15, 0.2) is 59.5 Å². The van der Waals surface area contributed by atoms with E-state index in [0.29, 0.717) is 30.2 Å². The zero-order valence-corrected chi connectivity index (χ0v) is 16.4. The molecule has 27 heavy (non-hydrogen) atoms. The van der Waals surface area contributed by atoms with Crippen LogP contribution in [0.2, 0.25) is 0 Å². The first kappa shape index (κ1) is 20.8. The third-order valence-electron chi connectivity index (χ3n) is 3.90. The molecule has 1 atom stereocenters. The van der Waals surface area contributed by atoms with Crippen molar-refractivity contribution in [2.45, 2.75) is 18.7 Å². The Bertz CT molecular complexity index is 779. The average molecular weight is 388 g/mol. The highest BCUT2D eigenvalue weighted by Crippen LogP contribution is 2.13. The molecule has 0 aliphatic carbocycles. The van der Waals surface area contributed by atoms with Gasteiger partial charge in [0.25, 0.3) is 0 Å². The summed E-state index contributed by atoms with van der Waals surface area (Å²) in [5.41, 5.74) is 1.34. The molecule has 2 rings (SSSR count). The van der Waals surface area contributed by atoms with Gasteiger partial charge in [0.15, 0.2) is 0 Å². The number of hydrogen-bond acceptors (Lipinski definition) is 4. The van der Waals surface area contributed by atoms with Gasteiger partial charge in [-0.2, -0.15) is 0 Å². The van der Waals surface area contributed by atoms with E-state index in [1.807, 2.05) is 42.2 Å². The van der Waals surface area contributed by atoms with Crippen molar-refractivity contribution in [1.29, 1.82) is 0 Å². The third-order valence-corrected chi connectivity index (χ3v) is 5.25. The maximum absolute atomic E-state index is 12.3. The van der Waals surface area contributed by atoms with E-state index >= 15 is 0 Å². The SMILES string of the molecule is CCN(CCS(=O)c1ccccc1)CC(=O)Nc1ccc(NC(C)=O)cc1. The van der Waals surface area contributed by atoms with Crippen molar-refractivity contribution in [2.75, 3.05) is 36.0 Å². The first-order valence-electron chi connectivity index (χ1n) is 8.81. The summed E-state index contributed by atoms with van der Waals surface area (Å²) in [6.07, 6.45) is 0. The lowest BCUT2D eigenvalue weighted by Crippen LogP contribution is -2.35. The molecule has 0 spiro atoms. The van der Waals surface area contributed by atoms with E-state index in [1.165, 1.54) is 6.92 Å². The molecule has 2 aromatic rings. The summed E-state index contributed by atoms with van der Waals surface area (Å²) in [6, 6.07) is 16.3. The van der Waals surface area contributed by atoms with E-state index in [-0.39, 0.29) is 18.4 Å². The fourth-order valence-electron chi connectivity index (χ4n) is 2.49. The van der Waals surface area contributed by atoms with Crippen molar-refractivity contribution in [3.63, 3.8) is 0 Å². The lowest BCUT2D eigenvalue weighted by atomic mass is 10.2. The average Bonchev–Trinajstić information content (AvgIpc) is 2.66. The second-order valence-corrected chi connectivity index (χ2v) is 7.61. The van der Waals surface area contributed by atoms with Crippen LogP contribution in [-0.4, -0.2) is 46.3 Å². The fraction of sp³-hybridized carbons (Fsp3) is 0.300. The number of likely N-dealkylation sites (N-methyl/N-ethyl adjacent to an activating group) is 1. The molecular formula is C20H25N3O3S. The van der Waals surface area contributed by atoms with Crippen LogP contribution in [0.25, 0.3) is 0 Å². The summed E-state index contributed by atoms with van der Waals surface area (Å²) < 4.78 is 12.3. The van der Waals surface area contributed by atoms with Gasteiger partial charge in [0.05, 0.1) is 17.3 Å². The van der Waals surface area contributed by atoms with E-state index in [2.05, 4.69) is 10.6 Å². The molecule has 2 N–H and O–H groups in total. The number of anilines is 2. The normalized spacial score (nSPS) is 11.8. The number of hydrogen-bond donors (Lipinski definition) is 2. The molecular weight excluding hydrogens is 362 g/mol. The molecule has 0 aliphatic rings. The van der Waals surface area contributed by atoms with Crippen LogP contribution in [0.1, 0.15) is 13.8 Å². The minimum Gasteiger partial charge on any atom is -0.326 e. The van der Waals surface area contributed by atoms with Crippen LogP contribution in [-0.2, 0) is 20.4 Å². The Morgan fingerprint density at radius 2 is 1.56 bits per heavy atom. The topological polar surface area (TPSA) is 78.5 Å². The van der Waals surface area contributed by atoms with Gasteiger partial charge in [0, 0.05) is 35.5 Å². The number of rotatable bonds is 9. The largest absolute Gasteiger partial charge is 0.326 e. The number of amides is 2. The number of carbonyl (C=O) groups excluding carboxylic acids is 2. The molecule has 0 heterocycles. The fourth-order valence-corrected chi connectivity index (χ4v) is 3.62. The van der Waals surface area contributed by atoms with Gasteiger partial charge in [-0.25, -0.2) is 0 Å². The molecule has 0 aliphatic heterocycles. The Kier molecular flexibility index (Phi) is 8.16. The number of nitrogens with zero attached hydrogens (tertiary/aromatic N) is 1. The van der Waals surface area contributed by atoms with Gasteiger partial charge < -0.3 is 10.6 Å². The van der Waals surface area contributed by atoms with E-state index < -0.39 is 10.8 Å². The minimum absolute atomic E-state index is 0.130. The first-order valence-corrected chi connectivity index (χ1v) is 10.1. The second kappa shape index (κ2) is 10.6. The Morgan fingerprint density at radius 1 is 0.963 bits per heavy atom. The standard InChI is InChI=1S/C20H25N3O3S/c1-3-23(13-14-27(26)19-7-5-4-6-8-19)15-20(25)22-18-11-9-17(10-12-18)21-16(2)24/h4-12H,3,13-15H2,1-2H3,(H,21,24)(H,22,25). The highest BCUT2D eigenvalue weighted by atomic mass is 32.2. The molecule has 144 valence electrons. The predicted molar refractivity (Wildman–Crippen MR) is 109 cm³/mol. The van der Waals surface area contributed by atoms with Crippen molar-refractivity contribution in [2.24, 2.45) is 0 Å². The van der Waals surface area contributed by atoms with Crippen LogP contribution in [0.4, 0.5) is 11.4 Å². The van der Waals surface area contributed by atoms with E-state index in [4.69, 9.17) is 0 Å². The van der Waals surface area contributed by atoms with Gasteiger partial charge >= 0.3 is 0 Å². The van der Waals surface area contributed by atoms with Crippen molar-refractivity contribution < 1.29 is 13.8 Å². The summed E-state index contributed by atoms with van der Waals surface area (Å²) in [5, 5.41) is 5.52. The Labute approximate surface area is 162 Å². The van der Waals surface area contributed by atoms with Crippen LogP contribution in [0.3, 0.4) is 0 Å². The molecule has 0 saturated heterocycles. The number of carbonyl (C=O) groups is 2. The highest BCUT2D eigenvalue weighted by molar-refractivity contribution is 7.85. The number of nitrogens with one attached hydrogen (secondary N) is 2. The van der Waals surface area contributed by atoms with Gasteiger partial charge in [0.1, 0.15) is 0 Å². The molecule has 0 saturated carbocycles. The maximum atomic E-state index is 12.3. The molecule has 0 radical (unpaired) electrons. The third kappa shape index (κ3) is 7.32. The van der Waals surface area contributed by atoms with Crippen molar-refractivity contribution >= 4 is 34.0 Å². The summed E-state index contributed by atoms with van der Waals surface area (Å²) in [4.78, 5) is 26.0. The van der Waals surface area contributed by atoms with Gasteiger partial charge in [-0.3, -0.25) is 18.7 Å². The van der Waals surface area contributed by atoms with Crippen LogP contribution in [0.5, 0.6) is 0 Å². The molecule has 0 fully saturated rings. The monoisotopic (exact) mass is 387 g/mol. The van der Waals surface area contributed by atoms with Gasteiger partial charge in [-0.1, -0.05) is 25.1 Å². The summed E-state index contributed by atoms with van der Waals surface area (Å²) in [7, 11) is -1.07. The van der Waals surface area contributed by atoms with Gasteiger partial charge in [-0.15, -0.1) is 0 Å². The van der Waals surface area contributed by atoms with Gasteiger partial charge in [-0.05, 0) is 42.9 Å². The Morgan fingerprint density at radius 3 is 2.11 bits per heavy atom. The minimum atomic E-state index is -1.07. The van der Waals surface area contributed by atoms with Gasteiger partial charge in [0.2, 0.25) is 11.8 Å². The lowest BCUT2D eigenvalue weighted by molar-refractivity contribution is -0.117. The lowest BCUT2D eigenvalue weighted by Gasteiger charge is -2.19. The Hall–Kier alpha value is -2.51. The molecule has 0 aromatic heterocycles. The van der Waals surface area contributed by atoms with Crippen molar-refractivity contribution in [1.82, 2.24) is 4.90 Å². The molecule has 1 unspecified atom stereocenters. The van der Waals surface area contributed by atoms with Crippen LogP contribution in [0, 0.1) is 0 Å². The maximum Gasteiger partial charge on any atom is 0.238 e. The van der Waals surface area contributed by atoms with E-state index in [9.17, 15) is 13.8 Å². The molecule has 2 aromatic carbocycles. The highest BCUT2D eigenvalue weighted by Gasteiger charge is 2.12. The summed E-state index contributed by atoms with van der Waals surface area (Å²) >= 11 is 0. The molecule has 7 heteroatoms. The van der Waals surface area contributed by atoms with Crippen molar-refractivity contribution in [3.8, 4) is 0 Å². The first-order chi connectivity index (χ1) is 13.0. The molecule has 6 nitrogen and oxygen atoms in total. The summed E-state index contributed by atoms with van der Waals surface area (Å²) in [6.45, 7) is 4.92. The van der Waals surface area contributed by atoms with Crippen LogP contribution < -0.4 is 10.6 Å². The predicted octanol–water partition coefficient (Wildman–Crippen LogP) is 2.71. The molecule has 0 bridgehead atoms. The van der Waals surface area contributed by atoms with Crippen LogP contribution >= 0.6 is 0 Å². The smallest absolute Gasteiger partial charge is 0.238 e. The second-order valence-electron chi connectivity index (χ2n) is 6.04. The van der Waals surface area contributed by atoms with E-state index in [0.717, 1.165) is 4.90 Å². The van der Waals surface area contributed by atoms with Crippen molar-refractivity contribution in [3.05, 3.63) is 54.6 Å². The van der Waals surface area contributed by atoms with E-state index in [1.54, 1.807) is 24.3 Å². The Balaban J connectivity index is 1.82. The quantitative estimate of drug-likeness (QED) is 0.693. The summed E-state index contributed by atoms with van der Waals surface area (Å²) in [5.74, 6) is 0.212. The number of benzene rings is 2. The molecule has 2 amide bonds. The zero-order chi connectivity index (χ0) is 19.6. The zero-order valence-electron chi connectivity index (χ0n) is 15.6.